The zero-order valence-corrected chi connectivity index (χ0v) is 6.15. The zero-order valence-electron chi connectivity index (χ0n) is 6.15. The van der Waals surface area contributed by atoms with Crippen LogP contribution in [0.15, 0.2) is 17.2 Å². The van der Waals surface area contributed by atoms with Crippen molar-refractivity contribution in [2.24, 2.45) is 5.11 Å². The maximum atomic E-state index is 9.13. The van der Waals surface area contributed by atoms with Gasteiger partial charge in [0.25, 0.3) is 0 Å². The van der Waals surface area contributed by atoms with E-state index in [0.29, 0.717) is 5.56 Å². The first-order valence-corrected chi connectivity index (χ1v) is 3.22. The van der Waals surface area contributed by atoms with E-state index in [9.17, 15) is 0 Å². The van der Waals surface area contributed by atoms with Gasteiger partial charge in [0.2, 0.25) is 0 Å². The Morgan fingerprint density at radius 1 is 1.08 bits per heavy atom. The first-order chi connectivity index (χ1) is 5.65. The van der Waals surface area contributed by atoms with Crippen molar-refractivity contribution in [1.82, 2.24) is 0 Å². The van der Waals surface area contributed by atoms with Crippen LogP contribution < -0.4 is 0 Å². The summed E-state index contributed by atoms with van der Waals surface area (Å²) in [7, 11) is 0. The van der Waals surface area contributed by atoms with Gasteiger partial charge < -0.3 is 15.3 Å². The van der Waals surface area contributed by atoms with E-state index in [1.54, 1.807) is 0 Å². The first-order valence-electron chi connectivity index (χ1n) is 3.22. The summed E-state index contributed by atoms with van der Waals surface area (Å²) in [5.41, 5.74) is 6.84. The molecule has 5 nitrogen and oxygen atoms in total. The highest BCUT2D eigenvalue weighted by Crippen LogP contribution is 2.32. The standard InChI is InChI=1S/C7H8N2O3/c8-9-3-4-1-6(11)7(12)2-5(4)10/h1-2,8,10-12H,3H2. The number of hydrogen-bond donors (Lipinski definition) is 4. The molecule has 0 aromatic heterocycles. The van der Waals surface area contributed by atoms with Crippen LogP contribution in [0.25, 0.3) is 0 Å². The minimum Gasteiger partial charge on any atom is -0.507 e. The summed E-state index contributed by atoms with van der Waals surface area (Å²) >= 11 is 0. The van der Waals surface area contributed by atoms with Crippen LogP contribution in [-0.2, 0) is 6.54 Å². The van der Waals surface area contributed by atoms with Crippen molar-refractivity contribution >= 4 is 0 Å². The summed E-state index contributed by atoms with van der Waals surface area (Å²) in [5, 5.41) is 30.1. The lowest BCUT2D eigenvalue weighted by molar-refractivity contribution is 0.394. The van der Waals surface area contributed by atoms with E-state index in [1.807, 2.05) is 0 Å². The highest BCUT2D eigenvalue weighted by atomic mass is 16.3. The highest BCUT2D eigenvalue weighted by molar-refractivity contribution is 5.48. The number of aromatic hydroxyl groups is 3. The number of rotatable bonds is 2. The molecule has 1 aromatic rings. The SMILES string of the molecule is N=NCc1cc(O)c(O)cc1O. The molecule has 12 heavy (non-hydrogen) atoms. The van der Waals surface area contributed by atoms with Crippen LogP contribution >= 0.6 is 0 Å². The first kappa shape index (κ1) is 8.32. The summed E-state index contributed by atoms with van der Waals surface area (Å²) < 4.78 is 0. The average Bonchev–Trinajstić information content (AvgIpc) is 2.01. The lowest BCUT2D eigenvalue weighted by Crippen LogP contribution is -1.82. The fourth-order valence-corrected chi connectivity index (χ4v) is 0.821. The predicted octanol–water partition coefficient (Wildman–Crippen LogP) is 1.33. The Labute approximate surface area is 68.4 Å². The molecule has 5 heteroatoms. The van der Waals surface area contributed by atoms with Crippen LogP contribution in [0.4, 0.5) is 0 Å². The van der Waals surface area contributed by atoms with E-state index in [2.05, 4.69) is 5.11 Å². The Kier molecular flexibility index (Phi) is 2.14. The van der Waals surface area contributed by atoms with Gasteiger partial charge in [0, 0.05) is 11.6 Å². The number of benzene rings is 1. The smallest absolute Gasteiger partial charge is 0.161 e. The molecule has 0 aliphatic heterocycles. The topological polar surface area (TPSA) is 96.9 Å². The van der Waals surface area contributed by atoms with E-state index < -0.39 is 0 Å². The van der Waals surface area contributed by atoms with Crippen molar-refractivity contribution in [1.29, 1.82) is 5.53 Å². The number of nitrogens with one attached hydrogen (secondary N) is 1. The van der Waals surface area contributed by atoms with Gasteiger partial charge >= 0.3 is 0 Å². The molecule has 0 amide bonds. The van der Waals surface area contributed by atoms with Gasteiger partial charge in [0.1, 0.15) is 5.75 Å². The van der Waals surface area contributed by atoms with Gasteiger partial charge in [-0.3, -0.25) is 0 Å². The summed E-state index contributed by atoms with van der Waals surface area (Å²) in [6, 6.07) is 2.18. The molecule has 0 atom stereocenters. The van der Waals surface area contributed by atoms with Crippen molar-refractivity contribution < 1.29 is 15.3 Å². The van der Waals surface area contributed by atoms with Crippen LogP contribution in [0.5, 0.6) is 17.2 Å². The lowest BCUT2D eigenvalue weighted by atomic mass is 10.2. The Bertz CT molecular complexity index is 312. The minimum atomic E-state index is -0.388. The lowest BCUT2D eigenvalue weighted by Gasteiger charge is -2.02. The number of hydrogen-bond acceptors (Lipinski definition) is 5. The molecule has 1 rings (SSSR count). The molecule has 64 valence electrons. The molecule has 0 radical (unpaired) electrons. The molecule has 0 spiro atoms. The quantitative estimate of drug-likeness (QED) is 0.304. The molecule has 0 fully saturated rings. The fraction of sp³-hybridized carbons (Fsp3) is 0.143. The monoisotopic (exact) mass is 168 g/mol. The van der Waals surface area contributed by atoms with Gasteiger partial charge in [0.05, 0.1) is 6.54 Å². The van der Waals surface area contributed by atoms with Crippen LogP contribution in [0.1, 0.15) is 5.56 Å². The fourth-order valence-electron chi connectivity index (χ4n) is 0.821. The normalized spacial score (nSPS) is 9.67. The third kappa shape index (κ3) is 1.45. The van der Waals surface area contributed by atoms with Gasteiger partial charge in [-0.05, 0) is 6.07 Å². The Morgan fingerprint density at radius 2 is 1.67 bits per heavy atom. The molecule has 0 unspecified atom stereocenters. The van der Waals surface area contributed by atoms with Crippen LogP contribution in [0.2, 0.25) is 0 Å². The molecular formula is C7H8N2O3. The van der Waals surface area contributed by atoms with Gasteiger partial charge in [0.15, 0.2) is 11.5 Å². The van der Waals surface area contributed by atoms with Crippen molar-refractivity contribution in [2.45, 2.75) is 6.54 Å². The largest absolute Gasteiger partial charge is 0.507 e. The third-order valence-electron chi connectivity index (χ3n) is 1.43. The number of nitrogens with zero attached hydrogens (tertiary/aromatic N) is 1. The van der Waals surface area contributed by atoms with Gasteiger partial charge in [-0.1, -0.05) is 0 Å². The molecule has 0 heterocycles. The minimum absolute atomic E-state index is 0.0142. The summed E-state index contributed by atoms with van der Waals surface area (Å²) in [5.74, 6) is -0.894. The maximum absolute atomic E-state index is 9.13. The van der Waals surface area contributed by atoms with E-state index in [1.165, 1.54) is 6.07 Å². The molecular weight excluding hydrogens is 160 g/mol. The van der Waals surface area contributed by atoms with Crippen LogP contribution in [0, 0.1) is 5.53 Å². The van der Waals surface area contributed by atoms with Crippen molar-refractivity contribution in [2.75, 3.05) is 0 Å². The average molecular weight is 168 g/mol. The highest BCUT2D eigenvalue weighted by Gasteiger charge is 2.06. The zero-order chi connectivity index (χ0) is 9.14. The molecule has 0 bridgehead atoms. The van der Waals surface area contributed by atoms with Crippen molar-refractivity contribution in [3.8, 4) is 17.2 Å². The van der Waals surface area contributed by atoms with E-state index in [-0.39, 0.29) is 23.8 Å². The molecule has 0 saturated heterocycles. The second-order valence-corrected chi connectivity index (χ2v) is 2.29. The van der Waals surface area contributed by atoms with E-state index >= 15 is 0 Å². The van der Waals surface area contributed by atoms with Crippen molar-refractivity contribution in [3.05, 3.63) is 17.7 Å². The van der Waals surface area contributed by atoms with Crippen molar-refractivity contribution in [3.63, 3.8) is 0 Å². The Hall–Kier alpha value is -1.78. The third-order valence-corrected chi connectivity index (χ3v) is 1.43. The maximum Gasteiger partial charge on any atom is 0.161 e. The summed E-state index contributed by atoms with van der Waals surface area (Å²) in [6.07, 6.45) is 0. The molecule has 1 aromatic carbocycles. The van der Waals surface area contributed by atoms with Gasteiger partial charge in [-0.2, -0.15) is 5.11 Å². The van der Waals surface area contributed by atoms with Crippen LogP contribution in [0.3, 0.4) is 0 Å². The molecule has 0 aliphatic carbocycles. The van der Waals surface area contributed by atoms with E-state index in [4.69, 9.17) is 20.9 Å². The molecule has 0 saturated carbocycles. The molecule has 0 aliphatic rings. The van der Waals surface area contributed by atoms with Gasteiger partial charge in [-0.15, -0.1) is 0 Å². The summed E-state index contributed by atoms with van der Waals surface area (Å²) in [6.45, 7) is -0.0142. The second kappa shape index (κ2) is 3.08. The summed E-state index contributed by atoms with van der Waals surface area (Å²) in [4.78, 5) is 0. The Balaban J connectivity index is 3.13. The van der Waals surface area contributed by atoms with Gasteiger partial charge in [-0.25, -0.2) is 5.53 Å². The Morgan fingerprint density at radius 3 is 2.25 bits per heavy atom. The van der Waals surface area contributed by atoms with Crippen LogP contribution in [-0.4, -0.2) is 15.3 Å². The van der Waals surface area contributed by atoms with E-state index in [0.717, 1.165) is 6.07 Å². The predicted molar refractivity (Wildman–Crippen MR) is 40.3 cm³/mol. The number of phenolic OH excluding ortho intramolecular Hbond substituents is 3. The number of phenols is 3. The molecule has 4 N–H and O–H groups in total. The second-order valence-electron chi connectivity index (χ2n) is 2.29.